The van der Waals surface area contributed by atoms with Gasteiger partial charge in [-0.1, -0.05) is 15.9 Å². The lowest BCUT2D eigenvalue weighted by Gasteiger charge is -2.33. The van der Waals surface area contributed by atoms with Crippen LogP contribution in [0.4, 0.5) is 13.2 Å². The van der Waals surface area contributed by atoms with E-state index in [0.717, 1.165) is 4.47 Å². The van der Waals surface area contributed by atoms with Gasteiger partial charge in [-0.3, -0.25) is 4.90 Å². The van der Waals surface area contributed by atoms with Gasteiger partial charge in [-0.05, 0) is 49.7 Å². The zero-order chi connectivity index (χ0) is 15.6. The second kappa shape index (κ2) is 7.66. The lowest BCUT2D eigenvalue weighted by atomic mass is 9.95. The van der Waals surface area contributed by atoms with E-state index in [-0.39, 0.29) is 30.8 Å². The molecule has 1 heterocycles. The van der Waals surface area contributed by atoms with Gasteiger partial charge in [0, 0.05) is 11.0 Å². The van der Waals surface area contributed by atoms with E-state index in [4.69, 9.17) is 5.11 Å². The first-order valence-corrected chi connectivity index (χ1v) is 7.37. The molecule has 1 aliphatic heterocycles. The topological polar surface area (TPSA) is 40.5 Å². The number of benzene rings is 1. The Morgan fingerprint density at radius 3 is 2.41 bits per heavy atom. The number of hydrogen-bond acceptors (Lipinski definition) is 2. The maximum atomic E-state index is 12.6. The first-order chi connectivity index (χ1) is 9.77. The highest BCUT2D eigenvalue weighted by Crippen LogP contribution is 2.34. The standard InChI is InChI=1S/C14H15BrF3NO2.ClH/c15-11-1-2-12(13(20)21)9(7-11)8-19-5-3-10(4-6-19)14(16,17)18;/h1-2,7,10H,3-6,8H2,(H,20,21);1H. The second-order valence-corrected chi connectivity index (χ2v) is 6.11. The molecule has 0 amide bonds. The number of aromatic carboxylic acids is 1. The normalized spacial score (nSPS) is 17.1. The van der Waals surface area contributed by atoms with E-state index in [0.29, 0.717) is 25.2 Å². The predicted octanol–water partition coefficient (Wildman–Crippen LogP) is 4.34. The van der Waals surface area contributed by atoms with Gasteiger partial charge in [-0.25, -0.2) is 4.79 Å². The summed E-state index contributed by atoms with van der Waals surface area (Å²) in [6.45, 7) is 1.01. The molecule has 0 saturated carbocycles. The molecule has 1 fully saturated rings. The molecule has 0 atom stereocenters. The van der Waals surface area contributed by atoms with Gasteiger partial charge < -0.3 is 5.11 Å². The molecule has 1 N–H and O–H groups in total. The molecule has 8 heteroatoms. The van der Waals surface area contributed by atoms with Gasteiger partial charge in [0.25, 0.3) is 0 Å². The molecule has 0 aromatic heterocycles. The fourth-order valence-corrected chi connectivity index (χ4v) is 2.97. The number of carbonyl (C=O) groups is 1. The third-order valence-corrected chi connectivity index (χ3v) is 4.24. The zero-order valence-electron chi connectivity index (χ0n) is 11.6. The van der Waals surface area contributed by atoms with Gasteiger partial charge in [0.05, 0.1) is 11.5 Å². The largest absolute Gasteiger partial charge is 0.478 e. The summed E-state index contributed by atoms with van der Waals surface area (Å²) in [5.74, 6) is -2.27. The third-order valence-electron chi connectivity index (χ3n) is 3.74. The number of carboxylic acids is 1. The molecule has 1 aliphatic rings. The molecular formula is C14H16BrClF3NO2. The lowest BCUT2D eigenvalue weighted by molar-refractivity contribution is -0.185. The van der Waals surface area contributed by atoms with Crippen LogP contribution in [0.3, 0.4) is 0 Å². The Labute approximate surface area is 141 Å². The summed E-state index contributed by atoms with van der Waals surface area (Å²) in [5.41, 5.74) is 0.804. The minimum absolute atomic E-state index is 0. The molecule has 0 bridgehead atoms. The Bertz CT molecular complexity index is 531. The van der Waals surface area contributed by atoms with Gasteiger partial charge in [0.15, 0.2) is 0 Å². The van der Waals surface area contributed by atoms with Crippen molar-refractivity contribution in [2.75, 3.05) is 13.1 Å². The number of likely N-dealkylation sites (tertiary alicyclic amines) is 1. The summed E-state index contributed by atoms with van der Waals surface area (Å²) >= 11 is 3.29. The average molecular weight is 403 g/mol. The molecule has 2 rings (SSSR count). The monoisotopic (exact) mass is 401 g/mol. The first-order valence-electron chi connectivity index (χ1n) is 6.58. The van der Waals surface area contributed by atoms with Crippen molar-refractivity contribution in [2.24, 2.45) is 5.92 Å². The maximum Gasteiger partial charge on any atom is 0.391 e. The quantitative estimate of drug-likeness (QED) is 0.817. The van der Waals surface area contributed by atoms with Crippen LogP contribution in [0.5, 0.6) is 0 Å². The Kier molecular flexibility index (Phi) is 6.70. The molecule has 22 heavy (non-hydrogen) atoms. The summed E-state index contributed by atoms with van der Waals surface area (Å²) in [5, 5.41) is 9.15. The molecule has 3 nitrogen and oxygen atoms in total. The van der Waals surface area contributed by atoms with E-state index in [2.05, 4.69) is 15.9 Å². The Balaban J connectivity index is 0.00000242. The predicted molar refractivity (Wildman–Crippen MR) is 82.4 cm³/mol. The van der Waals surface area contributed by atoms with E-state index in [1.54, 1.807) is 12.1 Å². The van der Waals surface area contributed by atoms with Crippen LogP contribution < -0.4 is 0 Å². The molecule has 0 aliphatic carbocycles. The highest BCUT2D eigenvalue weighted by molar-refractivity contribution is 9.10. The van der Waals surface area contributed by atoms with Gasteiger partial charge in [0.2, 0.25) is 0 Å². The van der Waals surface area contributed by atoms with Gasteiger partial charge in [0.1, 0.15) is 0 Å². The van der Waals surface area contributed by atoms with E-state index in [9.17, 15) is 18.0 Å². The van der Waals surface area contributed by atoms with Crippen molar-refractivity contribution in [2.45, 2.75) is 25.6 Å². The molecule has 0 unspecified atom stereocenters. The molecule has 0 radical (unpaired) electrons. The van der Waals surface area contributed by atoms with Crippen LogP contribution in [0.1, 0.15) is 28.8 Å². The van der Waals surface area contributed by atoms with Crippen LogP contribution in [0.25, 0.3) is 0 Å². The van der Waals surface area contributed by atoms with Crippen molar-refractivity contribution >= 4 is 34.3 Å². The van der Waals surface area contributed by atoms with Gasteiger partial charge in [-0.2, -0.15) is 13.2 Å². The smallest absolute Gasteiger partial charge is 0.391 e. The number of rotatable bonds is 3. The number of piperidine rings is 1. The zero-order valence-corrected chi connectivity index (χ0v) is 14.0. The van der Waals surface area contributed by atoms with Crippen molar-refractivity contribution in [3.8, 4) is 0 Å². The maximum absolute atomic E-state index is 12.6. The van der Waals surface area contributed by atoms with E-state index >= 15 is 0 Å². The van der Waals surface area contributed by atoms with E-state index < -0.39 is 18.1 Å². The molecule has 124 valence electrons. The molecular weight excluding hydrogens is 387 g/mol. The highest BCUT2D eigenvalue weighted by atomic mass is 79.9. The van der Waals surface area contributed by atoms with Crippen molar-refractivity contribution in [3.63, 3.8) is 0 Å². The van der Waals surface area contributed by atoms with Crippen LogP contribution in [0.15, 0.2) is 22.7 Å². The number of halogens is 5. The van der Waals surface area contributed by atoms with Crippen LogP contribution in [-0.4, -0.2) is 35.2 Å². The van der Waals surface area contributed by atoms with E-state index in [1.807, 2.05) is 4.90 Å². The van der Waals surface area contributed by atoms with Gasteiger partial charge in [-0.15, -0.1) is 12.4 Å². The Morgan fingerprint density at radius 2 is 1.91 bits per heavy atom. The minimum atomic E-state index is -4.13. The summed E-state index contributed by atoms with van der Waals surface area (Å²) in [6.07, 6.45) is -3.99. The van der Waals surface area contributed by atoms with Crippen LogP contribution >= 0.6 is 28.3 Å². The Hall–Kier alpha value is -0.790. The number of carboxylic acid groups (broad SMARTS) is 1. The summed E-state index contributed by atoms with van der Waals surface area (Å²) in [4.78, 5) is 13.0. The first kappa shape index (κ1) is 19.3. The number of nitrogens with zero attached hydrogens (tertiary/aromatic N) is 1. The number of hydrogen-bond donors (Lipinski definition) is 1. The van der Waals surface area contributed by atoms with Crippen LogP contribution in [0.2, 0.25) is 0 Å². The van der Waals surface area contributed by atoms with Crippen LogP contribution in [0, 0.1) is 5.92 Å². The highest BCUT2D eigenvalue weighted by Gasteiger charge is 2.41. The molecule has 1 saturated heterocycles. The minimum Gasteiger partial charge on any atom is -0.478 e. The fourth-order valence-electron chi connectivity index (χ4n) is 2.56. The summed E-state index contributed by atoms with van der Waals surface area (Å²) < 4.78 is 38.6. The average Bonchev–Trinajstić information content (AvgIpc) is 2.38. The van der Waals surface area contributed by atoms with Crippen molar-refractivity contribution in [3.05, 3.63) is 33.8 Å². The van der Waals surface area contributed by atoms with Crippen LogP contribution in [-0.2, 0) is 6.54 Å². The molecule has 0 spiro atoms. The third kappa shape index (κ3) is 4.86. The Morgan fingerprint density at radius 1 is 1.32 bits per heavy atom. The second-order valence-electron chi connectivity index (χ2n) is 5.20. The van der Waals surface area contributed by atoms with Crippen molar-refractivity contribution < 1.29 is 23.1 Å². The van der Waals surface area contributed by atoms with Crippen molar-refractivity contribution in [1.29, 1.82) is 0 Å². The molecule has 1 aromatic carbocycles. The molecule has 1 aromatic rings. The fraction of sp³-hybridized carbons (Fsp3) is 0.500. The SMILES string of the molecule is Cl.O=C(O)c1ccc(Br)cc1CN1CCC(C(F)(F)F)CC1. The summed E-state index contributed by atoms with van der Waals surface area (Å²) in [7, 11) is 0. The summed E-state index contributed by atoms with van der Waals surface area (Å²) in [6, 6.07) is 4.85. The van der Waals surface area contributed by atoms with Crippen molar-refractivity contribution in [1.82, 2.24) is 4.90 Å². The van der Waals surface area contributed by atoms with Gasteiger partial charge >= 0.3 is 12.1 Å². The lowest BCUT2D eigenvalue weighted by Crippen LogP contribution is -2.38. The number of alkyl halides is 3. The van der Waals surface area contributed by atoms with E-state index in [1.165, 1.54) is 6.07 Å².